The Bertz CT molecular complexity index is 312. The predicted octanol–water partition coefficient (Wildman–Crippen LogP) is 1.19. The fourth-order valence-corrected chi connectivity index (χ4v) is 1.18. The largest absolute Gasteiger partial charge is 0.356 e. The van der Waals surface area contributed by atoms with E-state index in [0.717, 1.165) is 18.9 Å². The molecule has 0 saturated carbocycles. The Hall–Kier alpha value is -1.63. The number of nitrogens with zero attached hydrogens (tertiary/aromatic N) is 4. The van der Waals surface area contributed by atoms with Gasteiger partial charge >= 0.3 is 0 Å². The van der Waals surface area contributed by atoms with Gasteiger partial charge in [0.25, 0.3) is 0 Å². The molecule has 0 atom stereocenters. The number of aromatic nitrogens is 2. The van der Waals surface area contributed by atoms with Crippen LogP contribution in [0.1, 0.15) is 19.4 Å². The maximum atomic E-state index is 8.80. The molecule has 0 bridgehead atoms. The van der Waals surface area contributed by atoms with Gasteiger partial charge in [-0.25, -0.2) is 9.97 Å². The third-order valence-corrected chi connectivity index (χ3v) is 1.87. The lowest BCUT2D eigenvalue weighted by atomic mass is 10.3. The molecule has 1 heterocycles. The van der Waals surface area contributed by atoms with E-state index in [9.17, 15) is 0 Å². The average molecular weight is 176 g/mol. The van der Waals surface area contributed by atoms with Crippen LogP contribution in [0.25, 0.3) is 0 Å². The molecule has 4 nitrogen and oxygen atoms in total. The second-order valence-corrected chi connectivity index (χ2v) is 2.54. The molecule has 1 rings (SSSR count). The zero-order valence-corrected chi connectivity index (χ0v) is 7.86. The molecule has 0 amide bonds. The number of hydrogen-bond donors (Lipinski definition) is 0. The van der Waals surface area contributed by atoms with Gasteiger partial charge in [-0.15, -0.1) is 0 Å². The third-order valence-electron chi connectivity index (χ3n) is 1.87. The molecule has 4 heteroatoms. The quantitative estimate of drug-likeness (QED) is 0.694. The van der Waals surface area contributed by atoms with Crippen LogP contribution >= 0.6 is 0 Å². The maximum Gasteiger partial charge on any atom is 0.149 e. The van der Waals surface area contributed by atoms with Crippen LogP contribution in [0.2, 0.25) is 0 Å². The first kappa shape index (κ1) is 9.46. The first-order chi connectivity index (χ1) is 6.33. The van der Waals surface area contributed by atoms with Crippen LogP contribution in [0.5, 0.6) is 0 Å². The van der Waals surface area contributed by atoms with Gasteiger partial charge in [-0.3, -0.25) is 0 Å². The van der Waals surface area contributed by atoms with Crippen molar-refractivity contribution in [3.63, 3.8) is 0 Å². The minimum Gasteiger partial charge on any atom is -0.356 e. The number of anilines is 1. The molecule has 0 N–H and O–H groups in total. The van der Waals surface area contributed by atoms with E-state index in [1.165, 1.54) is 6.33 Å². The normalized spacial score (nSPS) is 9.31. The van der Waals surface area contributed by atoms with Crippen molar-refractivity contribution in [2.24, 2.45) is 0 Å². The van der Waals surface area contributed by atoms with Gasteiger partial charge in [0.15, 0.2) is 0 Å². The Morgan fingerprint density at radius 3 is 2.69 bits per heavy atom. The first-order valence-corrected chi connectivity index (χ1v) is 4.28. The van der Waals surface area contributed by atoms with E-state index in [1.54, 1.807) is 6.20 Å². The molecule has 1 aromatic rings. The Balaban J connectivity index is 3.05. The van der Waals surface area contributed by atoms with Crippen molar-refractivity contribution in [1.82, 2.24) is 9.97 Å². The summed E-state index contributed by atoms with van der Waals surface area (Å²) in [6.45, 7) is 5.77. The second-order valence-electron chi connectivity index (χ2n) is 2.54. The van der Waals surface area contributed by atoms with E-state index in [2.05, 4.69) is 16.0 Å². The molecule has 0 aliphatic heterocycles. The molecule has 1 aromatic heterocycles. The standard InChI is InChI=1S/C9H12N4/c1-3-13(4-2)9-8(5-10)6-11-7-12-9/h6-7H,3-4H2,1-2H3. The van der Waals surface area contributed by atoms with E-state index in [0.29, 0.717) is 5.56 Å². The molecule has 0 aromatic carbocycles. The molecule has 0 spiro atoms. The minimum atomic E-state index is 0.534. The lowest BCUT2D eigenvalue weighted by molar-refractivity contribution is 0.838. The van der Waals surface area contributed by atoms with E-state index >= 15 is 0 Å². The molecule has 0 aliphatic rings. The third kappa shape index (κ3) is 1.94. The summed E-state index contributed by atoms with van der Waals surface area (Å²) in [5, 5.41) is 8.80. The molecule has 0 unspecified atom stereocenters. The number of nitriles is 1. The fraction of sp³-hybridized carbons (Fsp3) is 0.444. The van der Waals surface area contributed by atoms with Crippen molar-refractivity contribution in [3.8, 4) is 6.07 Å². The van der Waals surface area contributed by atoms with Gasteiger partial charge in [-0.1, -0.05) is 0 Å². The van der Waals surface area contributed by atoms with Crippen molar-refractivity contribution in [2.75, 3.05) is 18.0 Å². The Kier molecular flexibility index (Phi) is 3.21. The van der Waals surface area contributed by atoms with Crippen LogP contribution in [-0.2, 0) is 0 Å². The summed E-state index contributed by atoms with van der Waals surface area (Å²) < 4.78 is 0. The average Bonchev–Trinajstić information content (AvgIpc) is 2.20. The van der Waals surface area contributed by atoms with Gasteiger partial charge in [-0.2, -0.15) is 5.26 Å². The highest BCUT2D eigenvalue weighted by Gasteiger charge is 2.08. The fourth-order valence-electron chi connectivity index (χ4n) is 1.18. The van der Waals surface area contributed by atoms with Gasteiger partial charge < -0.3 is 4.90 Å². The minimum absolute atomic E-state index is 0.534. The van der Waals surface area contributed by atoms with E-state index in [1.807, 2.05) is 18.7 Å². The summed E-state index contributed by atoms with van der Waals surface area (Å²) >= 11 is 0. The van der Waals surface area contributed by atoms with Gasteiger partial charge in [-0.05, 0) is 13.8 Å². The molecule has 13 heavy (non-hydrogen) atoms. The van der Waals surface area contributed by atoms with Gasteiger partial charge in [0.1, 0.15) is 23.8 Å². The van der Waals surface area contributed by atoms with Crippen molar-refractivity contribution in [1.29, 1.82) is 5.26 Å². The summed E-state index contributed by atoms with van der Waals surface area (Å²) in [5.74, 6) is 0.725. The maximum absolute atomic E-state index is 8.80. The lowest BCUT2D eigenvalue weighted by Crippen LogP contribution is -2.24. The van der Waals surface area contributed by atoms with Crippen molar-refractivity contribution >= 4 is 5.82 Å². The van der Waals surface area contributed by atoms with Crippen LogP contribution in [0, 0.1) is 11.3 Å². The van der Waals surface area contributed by atoms with Crippen LogP contribution in [0.4, 0.5) is 5.82 Å². The molecule has 0 radical (unpaired) electrons. The number of hydrogen-bond acceptors (Lipinski definition) is 4. The Morgan fingerprint density at radius 2 is 2.15 bits per heavy atom. The molecular weight excluding hydrogens is 164 g/mol. The molecular formula is C9H12N4. The summed E-state index contributed by atoms with van der Waals surface area (Å²) in [5.41, 5.74) is 0.534. The summed E-state index contributed by atoms with van der Waals surface area (Å²) in [7, 11) is 0. The predicted molar refractivity (Wildman–Crippen MR) is 50.3 cm³/mol. The summed E-state index contributed by atoms with van der Waals surface area (Å²) in [6.07, 6.45) is 3.01. The van der Waals surface area contributed by atoms with E-state index in [-0.39, 0.29) is 0 Å². The van der Waals surface area contributed by atoms with E-state index in [4.69, 9.17) is 5.26 Å². The van der Waals surface area contributed by atoms with Crippen LogP contribution < -0.4 is 4.90 Å². The lowest BCUT2D eigenvalue weighted by Gasteiger charge is -2.19. The number of rotatable bonds is 3. The monoisotopic (exact) mass is 176 g/mol. The van der Waals surface area contributed by atoms with Gasteiger partial charge in [0.05, 0.1) is 6.20 Å². The van der Waals surface area contributed by atoms with Crippen molar-refractivity contribution in [2.45, 2.75) is 13.8 Å². The molecule has 0 saturated heterocycles. The highest BCUT2D eigenvalue weighted by atomic mass is 15.2. The Morgan fingerprint density at radius 1 is 1.46 bits per heavy atom. The van der Waals surface area contributed by atoms with E-state index < -0.39 is 0 Å². The highest BCUT2D eigenvalue weighted by Crippen LogP contribution is 2.13. The second kappa shape index (κ2) is 4.41. The van der Waals surface area contributed by atoms with Gasteiger partial charge in [0, 0.05) is 13.1 Å². The smallest absolute Gasteiger partial charge is 0.149 e. The van der Waals surface area contributed by atoms with Crippen LogP contribution in [-0.4, -0.2) is 23.1 Å². The summed E-state index contributed by atoms with van der Waals surface area (Å²) in [6, 6.07) is 2.08. The zero-order valence-electron chi connectivity index (χ0n) is 7.86. The Labute approximate surface area is 77.8 Å². The molecule has 68 valence electrons. The molecule has 0 fully saturated rings. The van der Waals surface area contributed by atoms with Gasteiger partial charge in [0.2, 0.25) is 0 Å². The van der Waals surface area contributed by atoms with Crippen LogP contribution in [0.15, 0.2) is 12.5 Å². The summed E-state index contributed by atoms with van der Waals surface area (Å²) in [4.78, 5) is 9.92. The van der Waals surface area contributed by atoms with Crippen LogP contribution in [0.3, 0.4) is 0 Å². The first-order valence-electron chi connectivity index (χ1n) is 4.28. The molecule has 0 aliphatic carbocycles. The highest BCUT2D eigenvalue weighted by molar-refractivity contribution is 5.51. The SMILES string of the molecule is CCN(CC)c1ncncc1C#N. The zero-order chi connectivity index (χ0) is 9.68. The van der Waals surface area contributed by atoms with Crippen molar-refractivity contribution in [3.05, 3.63) is 18.1 Å². The van der Waals surface area contributed by atoms with Crippen molar-refractivity contribution < 1.29 is 0 Å². The topological polar surface area (TPSA) is 52.8 Å².